The Morgan fingerprint density at radius 1 is 1.29 bits per heavy atom. The van der Waals surface area contributed by atoms with E-state index in [2.05, 4.69) is 0 Å². The van der Waals surface area contributed by atoms with Crippen molar-refractivity contribution < 1.29 is 21.8 Å². The topological polar surface area (TPSA) is 63.7 Å². The van der Waals surface area contributed by atoms with Crippen molar-refractivity contribution in [3.05, 3.63) is 35.9 Å². The number of benzene rings is 1. The minimum absolute atomic E-state index is 0.116. The fraction of sp³-hybridized carbons (Fsp3) is 0.500. The molecule has 1 aromatic carbocycles. The molecule has 1 heterocycles. The Labute approximate surface area is 123 Å². The highest BCUT2D eigenvalue weighted by molar-refractivity contribution is 7.86. The first kappa shape index (κ1) is 15.8. The van der Waals surface area contributed by atoms with E-state index in [1.807, 2.05) is 30.3 Å². The van der Waals surface area contributed by atoms with Crippen LogP contribution in [0.4, 0.5) is 8.68 Å². The van der Waals surface area contributed by atoms with Gasteiger partial charge >= 0.3 is 16.3 Å². The number of amides is 1. The summed E-state index contributed by atoms with van der Waals surface area (Å²) >= 11 is 0. The monoisotopic (exact) mass is 315 g/mol. The minimum atomic E-state index is -4.61. The number of nitrogens with zero attached hydrogens (tertiary/aromatic N) is 1. The molecule has 116 valence electrons. The number of carbonyl (C=O) groups excluding carboxylic acids is 1. The van der Waals surface area contributed by atoms with Gasteiger partial charge in [-0.3, -0.25) is 0 Å². The molecule has 21 heavy (non-hydrogen) atoms. The molecule has 0 N–H and O–H groups in total. The smallest absolute Gasteiger partial charge is 0.410 e. The number of rotatable bonds is 4. The third-order valence-electron chi connectivity index (χ3n) is 3.46. The van der Waals surface area contributed by atoms with Gasteiger partial charge in [0.2, 0.25) is 0 Å². The number of hydrogen-bond donors (Lipinski definition) is 0. The molecule has 0 saturated carbocycles. The third-order valence-corrected chi connectivity index (χ3v) is 4.24. The van der Waals surface area contributed by atoms with Gasteiger partial charge in [0.1, 0.15) is 12.4 Å². The Morgan fingerprint density at radius 3 is 2.67 bits per heavy atom. The van der Waals surface area contributed by atoms with Gasteiger partial charge in [0.25, 0.3) is 0 Å². The number of carbonyl (C=O) groups is 1. The largest absolute Gasteiger partial charge is 0.445 e. The van der Waals surface area contributed by atoms with E-state index in [-0.39, 0.29) is 6.61 Å². The molecule has 2 rings (SSSR count). The summed E-state index contributed by atoms with van der Waals surface area (Å²) in [5.41, 5.74) is 0.845. The fourth-order valence-electron chi connectivity index (χ4n) is 2.45. The lowest BCUT2D eigenvalue weighted by Gasteiger charge is -2.33. The summed E-state index contributed by atoms with van der Waals surface area (Å²) in [6.07, 6.45) is 1.43. The lowest BCUT2D eigenvalue weighted by atomic mass is 10.0. The Hall–Kier alpha value is -1.63. The summed E-state index contributed by atoms with van der Waals surface area (Å²) in [5.74, 6) is -0.659. The fourth-order valence-corrected chi connectivity index (χ4v) is 3.25. The van der Waals surface area contributed by atoms with Crippen LogP contribution < -0.4 is 0 Å². The van der Waals surface area contributed by atoms with Crippen molar-refractivity contribution in [1.82, 2.24) is 4.90 Å². The van der Waals surface area contributed by atoms with Crippen molar-refractivity contribution in [2.75, 3.05) is 12.3 Å². The first-order valence-corrected chi connectivity index (χ1v) is 8.40. The molecule has 0 aromatic heterocycles. The number of hydrogen-bond acceptors (Lipinski definition) is 4. The molecule has 0 radical (unpaired) electrons. The molecule has 1 unspecified atom stereocenters. The lowest BCUT2D eigenvalue weighted by Crippen LogP contribution is -2.46. The molecule has 1 amide bonds. The first-order valence-electron chi connectivity index (χ1n) is 6.85. The molecule has 1 saturated heterocycles. The van der Waals surface area contributed by atoms with Crippen LogP contribution in [0.15, 0.2) is 30.3 Å². The van der Waals surface area contributed by atoms with E-state index >= 15 is 0 Å². The molecule has 5 nitrogen and oxygen atoms in total. The van der Waals surface area contributed by atoms with E-state index in [0.717, 1.165) is 18.4 Å². The molecular formula is C14H18FNO4S. The van der Waals surface area contributed by atoms with Crippen molar-refractivity contribution >= 4 is 16.3 Å². The van der Waals surface area contributed by atoms with Gasteiger partial charge in [0, 0.05) is 6.54 Å². The summed E-state index contributed by atoms with van der Waals surface area (Å²) in [7, 11) is -4.61. The van der Waals surface area contributed by atoms with Crippen LogP contribution in [0.2, 0.25) is 0 Å². The Balaban J connectivity index is 1.95. The Bertz CT molecular complexity index is 576. The van der Waals surface area contributed by atoms with Gasteiger partial charge < -0.3 is 9.64 Å². The lowest BCUT2D eigenvalue weighted by molar-refractivity contribution is 0.0726. The number of halogens is 1. The van der Waals surface area contributed by atoms with Crippen LogP contribution in [-0.4, -0.2) is 37.8 Å². The number of likely N-dealkylation sites (tertiary alicyclic amines) is 1. The standard InChI is InChI=1S/C14H18FNO4S/c15-21(18,19)11-13-8-4-5-9-16(13)14(17)20-10-12-6-2-1-3-7-12/h1-3,6-7,13H,4-5,8-11H2. The molecule has 0 aliphatic carbocycles. The average molecular weight is 315 g/mol. The summed E-state index contributed by atoms with van der Waals surface area (Å²) in [6, 6.07) is 8.54. The zero-order chi connectivity index (χ0) is 15.3. The van der Waals surface area contributed by atoms with E-state index < -0.39 is 28.1 Å². The number of piperidine rings is 1. The second kappa shape index (κ2) is 6.89. The van der Waals surface area contributed by atoms with Crippen LogP contribution >= 0.6 is 0 Å². The second-order valence-corrected chi connectivity index (χ2v) is 6.50. The molecular weight excluding hydrogens is 297 g/mol. The maximum atomic E-state index is 12.9. The molecule has 1 aromatic rings. The first-order chi connectivity index (χ1) is 9.96. The number of ether oxygens (including phenoxy) is 1. The zero-order valence-electron chi connectivity index (χ0n) is 11.6. The van der Waals surface area contributed by atoms with Gasteiger partial charge in [-0.15, -0.1) is 3.89 Å². The summed E-state index contributed by atoms with van der Waals surface area (Å²) in [5, 5.41) is 0. The predicted molar refractivity (Wildman–Crippen MR) is 75.9 cm³/mol. The molecule has 7 heteroatoms. The van der Waals surface area contributed by atoms with Crippen LogP contribution in [0, 0.1) is 0 Å². The van der Waals surface area contributed by atoms with Crippen LogP contribution in [-0.2, 0) is 21.6 Å². The van der Waals surface area contributed by atoms with Gasteiger partial charge in [0.05, 0.1) is 6.04 Å². The maximum Gasteiger partial charge on any atom is 0.410 e. The molecule has 1 aliphatic rings. The van der Waals surface area contributed by atoms with E-state index in [1.165, 1.54) is 4.90 Å². The summed E-state index contributed by atoms with van der Waals surface area (Å²) < 4.78 is 39.6. The van der Waals surface area contributed by atoms with Crippen molar-refractivity contribution in [1.29, 1.82) is 0 Å². The summed E-state index contributed by atoms with van der Waals surface area (Å²) in [6.45, 7) is 0.513. The highest BCUT2D eigenvalue weighted by atomic mass is 32.3. The van der Waals surface area contributed by atoms with E-state index in [9.17, 15) is 17.1 Å². The van der Waals surface area contributed by atoms with Gasteiger partial charge in [-0.1, -0.05) is 30.3 Å². The predicted octanol–water partition coefficient (Wildman–Crippen LogP) is 2.48. The van der Waals surface area contributed by atoms with Gasteiger partial charge in [-0.05, 0) is 24.8 Å². The Morgan fingerprint density at radius 2 is 2.00 bits per heavy atom. The van der Waals surface area contributed by atoms with Gasteiger partial charge in [-0.25, -0.2) is 4.79 Å². The molecule has 0 bridgehead atoms. The van der Waals surface area contributed by atoms with Crippen molar-refractivity contribution in [3.8, 4) is 0 Å². The van der Waals surface area contributed by atoms with Crippen LogP contribution in [0.1, 0.15) is 24.8 Å². The maximum absolute atomic E-state index is 12.9. The van der Waals surface area contributed by atoms with Gasteiger partial charge in [0.15, 0.2) is 0 Å². The van der Waals surface area contributed by atoms with E-state index in [4.69, 9.17) is 4.74 Å². The molecule has 1 fully saturated rings. The summed E-state index contributed by atoms with van der Waals surface area (Å²) in [4.78, 5) is 13.4. The quantitative estimate of drug-likeness (QED) is 0.801. The minimum Gasteiger partial charge on any atom is -0.445 e. The van der Waals surface area contributed by atoms with E-state index in [0.29, 0.717) is 13.0 Å². The van der Waals surface area contributed by atoms with Crippen LogP contribution in [0.5, 0.6) is 0 Å². The normalized spacial score (nSPS) is 19.3. The van der Waals surface area contributed by atoms with Gasteiger partial charge in [-0.2, -0.15) is 8.42 Å². The van der Waals surface area contributed by atoms with Crippen molar-refractivity contribution in [3.63, 3.8) is 0 Å². The zero-order valence-corrected chi connectivity index (χ0v) is 12.4. The average Bonchev–Trinajstić information content (AvgIpc) is 2.45. The highest BCUT2D eigenvalue weighted by Crippen LogP contribution is 2.20. The highest BCUT2D eigenvalue weighted by Gasteiger charge is 2.31. The Kier molecular flexibility index (Phi) is 5.17. The molecule has 0 spiro atoms. The molecule has 1 atom stereocenters. The molecule has 1 aliphatic heterocycles. The van der Waals surface area contributed by atoms with Crippen molar-refractivity contribution in [2.45, 2.75) is 31.9 Å². The van der Waals surface area contributed by atoms with Crippen molar-refractivity contribution in [2.24, 2.45) is 0 Å². The third kappa shape index (κ3) is 5.00. The van der Waals surface area contributed by atoms with E-state index in [1.54, 1.807) is 0 Å². The van der Waals surface area contributed by atoms with Crippen LogP contribution in [0.25, 0.3) is 0 Å². The SMILES string of the molecule is O=C(OCc1ccccc1)N1CCCCC1CS(=O)(=O)F. The van der Waals surface area contributed by atoms with Crippen LogP contribution in [0.3, 0.4) is 0 Å². The second-order valence-electron chi connectivity index (χ2n) is 5.09.